The standard InChI is InChI=1S/C26H37N3O6/c1-9-14-34-26(6)10-12-28(13-11-26)21-19-15-18(23(30)32-7)27-29(19)16-17(2)20(21)22(24(31)33-8)35-25(3,4)5/h9,15-16,22H,1,10-14H2,2-8H3. The summed E-state index contributed by atoms with van der Waals surface area (Å²) >= 11 is 0. The number of anilines is 1. The molecule has 1 aliphatic heterocycles. The van der Waals surface area contributed by atoms with Gasteiger partial charge in [0, 0.05) is 30.9 Å². The van der Waals surface area contributed by atoms with Gasteiger partial charge in [-0.05, 0) is 53.0 Å². The number of ether oxygens (including phenoxy) is 4. The Hall–Kier alpha value is -2.91. The zero-order valence-electron chi connectivity index (χ0n) is 21.8. The van der Waals surface area contributed by atoms with E-state index in [1.807, 2.05) is 27.7 Å². The number of methoxy groups -OCH3 is 2. The molecule has 1 aliphatic rings. The van der Waals surface area contributed by atoms with Crippen molar-refractivity contribution >= 4 is 23.1 Å². The molecule has 0 bridgehead atoms. The number of rotatable bonds is 8. The SMILES string of the molecule is C=CCOC1(C)CCN(c2c(C(OC(C)(C)C)C(=O)OC)c(C)cn3nc(C(=O)OC)cc23)CC1. The number of piperidine rings is 1. The normalized spacial score (nSPS) is 16.7. The van der Waals surface area contributed by atoms with Crippen molar-refractivity contribution < 1.29 is 28.5 Å². The minimum atomic E-state index is -0.957. The fraction of sp³-hybridized carbons (Fsp3) is 0.577. The van der Waals surface area contributed by atoms with Gasteiger partial charge in [0.1, 0.15) is 0 Å². The minimum absolute atomic E-state index is 0.188. The Morgan fingerprint density at radius 1 is 1.23 bits per heavy atom. The fourth-order valence-corrected chi connectivity index (χ4v) is 4.41. The number of hydrogen-bond donors (Lipinski definition) is 0. The van der Waals surface area contributed by atoms with Crippen LogP contribution in [-0.2, 0) is 23.7 Å². The van der Waals surface area contributed by atoms with E-state index in [1.165, 1.54) is 14.2 Å². The first-order chi connectivity index (χ1) is 16.4. The highest BCUT2D eigenvalue weighted by Crippen LogP contribution is 2.40. The molecule has 0 saturated carbocycles. The molecule has 192 valence electrons. The summed E-state index contributed by atoms with van der Waals surface area (Å²) in [7, 11) is 2.68. The first kappa shape index (κ1) is 26.7. The molecule has 0 spiro atoms. The summed E-state index contributed by atoms with van der Waals surface area (Å²) in [5.74, 6) is -1.02. The van der Waals surface area contributed by atoms with Crippen molar-refractivity contribution in [3.63, 3.8) is 0 Å². The molecule has 1 saturated heterocycles. The Kier molecular flexibility index (Phi) is 7.91. The van der Waals surface area contributed by atoms with E-state index >= 15 is 0 Å². The monoisotopic (exact) mass is 487 g/mol. The molecule has 0 N–H and O–H groups in total. The number of carbonyl (C=O) groups excluding carboxylic acids is 2. The van der Waals surface area contributed by atoms with Gasteiger partial charge in [0.2, 0.25) is 0 Å². The summed E-state index contributed by atoms with van der Waals surface area (Å²) in [5, 5.41) is 4.43. The second-order valence-electron chi connectivity index (χ2n) is 10.1. The first-order valence-electron chi connectivity index (χ1n) is 11.8. The Balaban J connectivity index is 2.18. The van der Waals surface area contributed by atoms with Gasteiger partial charge in [-0.1, -0.05) is 6.08 Å². The van der Waals surface area contributed by atoms with E-state index in [4.69, 9.17) is 18.9 Å². The van der Waals surface area contributed by atoms with E-state index in [2.05, 4.69) is 23.5 Å². The molecule has 2 aromatic rings. The summed E-state index contributed by atoms with van der Waals surface area (Å²) in [5.41, 5.74) is 2.28. The topological polar surface area (TPSA) is 91.6 Å². The maximum Gasteiger partial charge on any atom is 0.358 e. The lowest BCUT2D eigenvalue weighted by atomic mass is 9.91. The van der Waals surface area contributed by atoms with Crippen LogP contribution in [0.3, 0.4) is 0 Å². The predicted molar refractivity (Wildman–Crippen MR) is 133 cm³/mol. The second kappa shape index (κ2) is 10.4. The average molecular weight is 488 g/mol. The third-order valence-electron chi connectivity index (χ3n) is 6.20. The fourth-order valence-electron chi connectivity index (χ4n) is 4.41. The number of pyridine rings is 1. The van der Waals surface area contributed by atoms with E-state index in [9.17, 15) is 9.59 Å². The molecule has 1 unspecified atom stereocenters. The van der Waals surface area contributed by atoms with Crippen molar-refractivity contribution in [2.75, 3.05) is 38.8 Å². The summed E-state index contributed by atoms with van der Waals surface area (Å²) in [6.07, 6.45) is 4.15. The van der Waals surface area contributed by atoms with Gasteiger partial charge in [0.25, 0.3) is 0 Å². The Labute approximate surface area is 207 Å². The molecule has 0 aromatic carbocycles. The number of nitrogens with zero attached hydrogens (tertiary/aromatic N) is 3. The van der Waals surface area contributed by atoms with Gasteiger partial charge in [-0.3, -0.25) is 0 Å². The third kappa shape index (κ3) is 5.85. The number of hydrogen-bond acceptors (Lipinski definition) is 8. The number of aryl methyl sites for hydroxylation is 1. The van der Waals surface area contributed by atoms with Crippen LogP contribution in [0, 0.1) is 6.92 Å². The van der Waals surface area contributed by atoms with E-state index in [0.29, 0.717) is 30.8 Å². The quantitative estimate of drug-likeness (QED) is 0.407. The lowest BCUT2D eigenvalue weighted by Gasteiger charge is -2.41. The van der Waals surface area contributed by atoms with Crippen LogP contribution in [-0.4, -0.2) is 66.7 Å². The van der Waals surface area contributed by atoms with E-state index in [0.717, 1.165) is 24.1 Å². The molecule has 9 nitrogen and oxygen atoms in total. The van der Waals surface area contributed by atoms with Gasteiger partial charge in [-0.25, -0.2) is 14.1 Å². The largest absolute Gasteiger partial charge is 0.467 e. The van der Waals surface area contributed by atoms with Crippen LogP contribution in [0.1, 0.15) is 68.3 Å². The van der Waals surface area contributed by atoms with Crippen LogP contribution in [0.5, 0.6) is 0 Å². The maximum absolute atomic E-state index is 13.0. The number of carbonyl (C=O) groups is 2. The van der Waals surface area contributed by atoms with Crippen molar-refractivity contribution in [3.8, 4) is 0 Å². The van der Waals surface area contributed by atoms with Gasteiger partial charge in [0.05, 0.1) is 43.2 Å². The predicted octanol–water partition coefficient (Wildman–Crippen LogP) is 4.02. The zero-order chi connectivity index (χ0) is 26.0. The molecule has 1 atom stereocenters. The summed E-state index contributed by atoms with van der Waals surface area (Å²) in [6, 6.07) is 1.69. The van der Waals surface area contributed by atoms with Crippen molar-refractivity contribution in [2.45, 2.75) is 64.8 Å². The molecular weight excluding hydrogens is 450 g/mol. The first-order valence-corrected chi connectivity index (χ1v) is 11.8. The Morgan fingerprint density at radius 3 is 2.43 bits per heavy atom. The summed E-state index contributed by atoms with van der Waals surface area (Å²) in [6.45, 7) is 15.3. The number of esters is 2. The van der Waals surface area contributed by atoms with Crippen molar-refractivity contribution in [1.82, 2.24) is 9.61 Å². The third-order valence-corrected chi connectivity index (χ3v) is 6.20. The molecule has 35 heavy (non-hydrogen) atoms. The highest BCUT2D eigenvalue weighted by Gasteiger charge is 2.37. The molecule has 2 aromatic heterocycles. The summed E-state index contributed by atoms with van der Waals surface area (Å²) < 4.78 is 24.0. The Bertz CT molecular complexity index is 1090. The molecule has 1 fully saturated rings. The van der Waals surface area contributed by atoms with Crippen LogP contribution in [0.15, 0.2) is 24.9 Å². The number of aromatic nitrogens is 2. The minimum Gasteiger partial charge on any atom is -0.467 e. The molecule has 0 aliphatic carbocycles. The molecule has 0 radical (unpaired) electrons. The van der Waals surface area contributed by atoms with Crippen LogP contribution >= 0.6 is 0 Å². The molecule has 9 heteroatoms. The van der Waals surface area contributed by atoms with Crippen LogP contribution < -0.4 is 4.90 Å². The average Bonchev–Trinajstić information content (AvgIpc) is 3.23. The van der Waals surface area contributed by atoms with Crippen LogP contribution in [0.2, 0.25) is 0 Å². The second-order valence-corrected chi connectivity index (χ2v) is 10.1. The lowest BCUT2D eigenvalue weighted by molar-refractivity contribution is -0.164. The van der Waals surface area contributed by atoms with E-state index in [-0.39, 0.29) is 11.3 Å². The van der Waals surface area contributed by atoms with Gasteiger partial charge in [0.15, 0.2) is 11.8 Å². The van der Waals surface area contributed by atoms with Crippen LogP contribution in [0.4, 0.5) is 5.69 Å². The molecule has 3 rings (SSSR count). The smallest absolute Gasteiger partial charge is 0.358 e. The maximum atomic E-state index is 13.0. The molecular formula is C26H37N3O6. The van der Waals surface area contributed by atoms with Crippen molar-refractivity contribution in [2.24, 2.45) is 0 Å². The van der Waals surface area contributed by atoms with E-state index in [1.54, 1.807) is 22.9 Å². The van der Waals surface area contributed by atoms with Crippen LogP contribution in [0.25, 0.3) is 5.52 Å². The molecule has 0 amide bonds. The van der Waals surface area contributed by atoms with E-state index < -0.39 is 23.6 Å². The summed E-state index contributed by atoms with van der Waals surface area (Å²) in [4.78, 5) is 27.5. The van der Waals surface area contributed by atoms with Gasteiger partial charge < -0.3 is 23.8 Å². The van der Waals surface area contributed by atoms with Gasteiger partial charge >= 0.3 is 11.9 Å². The lowest BCUT2D eigenvalue weighted by Crippen LogP contribution is -2.45. The van der Waals surface area contributed by atoms with Crippen molar-refractivity contribution in [1.29, 1.82) is 0 Å². The highest BCUT2D eigenvalue weighted by atomic mass is 16.6. The Morgan fingerprint density at radius 2 is 1.89 bits per heavy atom. The van der Waals surface area contributed by atoms with Crippen molar-refractivity contribution in [3.05, 3.63) is 41.7 Å². The van der Waals surface area contributed by atoms with Gasteiger partial charge in [-0.2, -0.15) is 5.10 Å². The highest BCUT2D eigenvalue weighted by molar-refractivity contribution is 5.92. The van der Waals surface area contributed by atoms with Gasteiger partial charge in [-0.15, -0.1) is 6.58 Å². The number of fused-ring (bicyclic) bond motifs is 1. The zero-order valence-corrected chi connectivity index (χ0v) is 21.8. The molecule has 3 heterocycles.